The first-order valence-corrected chi connectivity index (χ1v) is 9.18. The van der Waals surface area contributed by atoms with E-state index in [4.69, 9.17) is 0 Å². The van der Waals surface area contributed by atoms with Crippen molar-refractivity contribution in [2.24, 2.45) is 0 Å². The number of carbonyl (C=O) groups is 1. The number of carbonyl (C=O) groups excluding carboxylic acids is 1. The average Bonchev–Trinajstić information content (AvgIpc) is 3.29. The summed E-state index contributed by atoms with van der Waals surface area (Å²) < 4.78 is 15.5. The molecule has 0 unspecified atom stereocenters. The zero-order valence-corrected chi connectivity index (χ0v) is 14.7. The van der Waals surface area contributed by atoms with Crippen molar-refractivity contribution >= 4 is 17.2 Å². The first-order valence-electron chi connectivity index (χ1n) is 8.36. The second-order valence-electron chi connectivity index (χ2n) is 6.36. The third kappa shape index (κ3) is 3.62. The summed E-state index contributed by atoms with van der Waals surface area (Å²) in [7, 11) is 0. The zero-order chi connectivity index (χ0) is 18.0. The van der Waals surface area contributed by atoms with Crippen LogP contribution in [0.1, 0.15) is 34.8 Å². The Labute approximate surface area is 153 Å². The van der Waals surface area contributed by atoms with E-state index >= 15 is 0 Å². The quantitative estimate of drug-likeness (QED) is 0.719. The average molecular weight is 372 g/mol. The standard InChI is InChI=1S/C17H17FN6OS/c18-17(7-4-8-17)11-24-10-13(20-23-24)15(25)19-9-14-21-22-16(26-14)12-5-2-1-3-6-12/h1-3,5-6,10H,4,7-9,11H2,(H,19,25). The Kier molecular flexibility index (Phi) is 4.46. The van der Waals surface area contributed by atoms with Gasteiger partial charge in [0.2, 0.25) is 0 Å². The van der Waals surface area contributed by atoms with Gasteiger partial charge in [0.15, 0.2) is 5.69 Å². The van der Waals surface area contributed by atoms with Gasteiger partial charge in [0.1, 0.15) is 15.7 Å². The van der Waals surface area contributed by atoms with Gasteiger partial charge in [-0.15, -0.1) is 15.3 Å². The second-order valence-corrected chi connectivity index (χ2v) is 7.42. The third-order valence-corrected chi connectivity index (χ3v) is 5.33. The van der Waals surface area contributed by atoms with Gasteiger partial charge < -0.3 is 5.32 Å². The minimum absolute atomic E-state index is 0.143. The molecule has 1 aliphatic rings. The Hall–Kier alpha value is -2.68. The van der Waals surface area contributed by atoms with E-state index in [1.54, 1.807) is 0 Å². The molecule has 9 heteroatoms. The van der Waals surface area contributed by atoms with Crippen LogP contribution in [0.2, 0.25) is 0 Å². The molecule has 2 aromatic heterocycles. The van der Waals surface area contributed by atoms with Crippen molar-refractivity contribution in [3.63, 3.8) is 0 Å². The summed E-state index contributed by atoms with van der Waals surface area (Å²) >= 11 is 1.42. The molecule has 3 aromatic rings. The van der Waals surface area contributed by atoms with Crippen LogP contribution in [0.5, 0.6) is 0 Å². The molecule has 0 atom stereocenters. The Morgan fingerprint density at radius 2 is 2.04 bits per heavy atom. The number of amides is 1. The van der Waals surface area contributed by atoms with E-state index in [9.17, 15) is 9.18 Å². The fraction of sp³-hybridized carbons (Fsp3) is 0.353. The maximum Gasteiger partial charge on any atom is 0.273 e. The zero-order valence-electron chi connectivity index (χ0n) is 13.9. The summed E-state index contributed by atoms with van der Waals surface area (Å²) in [6, 6.07) is 9.73. The van der Waals surface area contributed by atoms with Gasteiger partial charge in [-0.05, 0) is 19.3 Å². The van der Waals surface area contributed by atoms with Crippen LogP contribution in [0.3, 0.4) is 0 Å². The van der Waals surface area contributed by atoms with Crippen LogP contribution >= 0.6 is 11.3 Å². The Morgan fingerprint density at radius 1 is 1.23 bits per heavy atom. The highest BCUT2D eigenvalue weighted by Gasteiger charge is 2.37. The van der Waals surface area contributed by atoms with Crippen LogP contribution < -0.4 is 5.32 Å². The summed E-state index contributed by atoms with van der Waals surface area (Å²) in [6.45, 7) is 0.396. The molecule has 4 rings (SSSR count). The summed E-state index contributed by atoms with van der Waals surface area (Å²) in [6.07, 6.45) is 3.44. The molecular weight excluding hydrogens is 355 g/mol. The monoisotopic (exact) mass is 372 g/mol. The van der Waals surface area contributed by atoms with E-state index < -0.39 is 5.67 Å². The van der Waals surface area contributed by atoms with Gasteiger partial charge in [0.05, 0.1) is 19.3 Å². The Balaban J connectivity index is 1.34. The molecule has 1 saturated carbocycles. The van der Waals surface area contributed by atoms with Crippen LogP contribution in [0.4, 0.5) is 4.39 Å². The van der Waals surface area contributed by atoms with E-state index in [1.165, 1.54) is 22.2 Å². The van der Waals surface area contributed by atoms with E-state index in [1.807, 2.05) is 30.3 Å². The summed E-state index contributed by atoms with van der Waals surface area (Å²) in [5, 5.41) is 20.1. The molecule has 1 fully saturated rings. The lowest BCUT2D eigenvalue weighted by molar-refractivity contribution is 0.0398. The van der Waals surface area contributed by atoms with E-state index in [0.717, 1.165) is 17.0 Å². The molecule has 1 aromatic carbocycles. The van der Waals surface area contributed by atoms with Crippen LogP contribution in [0.25, 0.3) is 10.6 Å². The van der Waals surface area contributed by atoms with Crippen molar-refractivity contribution < 1.29 is 9.18 Å². The molecule has 1 aliphatic carbocycles. The fourth-order valence-electron chi connectivity index (χ4n) is 2.76. The Bertz CT molecular complexity index is 905. The van der Waals surface area contributed by atoms with Crippen LogP contribution in [0, 0.1) is 0 Å². The molecule has 26 heavy (non-hydrogen) atoms. The van der Waals surface area contributed by atoms with Crippen LogP contribution in [0.15, 0.2) is 36.5 Å². The molecule has 1 N–H and O–H groups in total. The van der Waals surface area contributed by atoms with Crippen molar-refractivity contribution in [3.05, 3.63) is 47.2 Å². The minimum atomic E-state index is -1.21. The van der Waals surface area contributed by atoms with E-state index in [2.05, 4.69) is 25.8 Å². The normalized spacial score (nSPS) is 15.4. The number of rotatable bonds is 6. The molecule has 134 valence electrons. The number of halogens is 1. The van der Waals surface area contributed by atoms with Gasteiger partial charge in [-0.3, -0.25) is 4.79 Å². The number of benzene rings is 1. The highest BCUT2D eigenvalue weighted by Crippen LogP contribution is 2.36. The molecule has 7 nitrogen and oxygen atoms in total. The number of hydrogen-bond acceptors (Lipinski definition) is 6. The lowest BCUT2D eigenvalue weighted by Gasteiger charge is -2.33. The number of hydrogen-bond donors (Lipinski definition) is 1. The topological polar surface area (TPSA) is 85.6 Å². The van der Waals surface area contributed by atoms with Gasteiger partial charge in [0, 0.05) is 5.56 Å². The van der Waals surface area contributed by atoms with Crippen molar-refractivity contribution in [1.82, 2.24) is 30.5 Å². The summed E-state index contributed by atoms with van der Waals surface area (Å²) in [4.78, 5) is 12.2. The van der Waals surface area contributed by atoms with Gasteiger partial charge in [-0.1, -0.05) is 46.9 Å². The van der Waals surface area contributed by atoms with Crippen LogP contribution in [-0.2, 0) is 13.1 Å². The van der Waals surface area contributed by atoms with Crippen molar-refractivity contribution in [2.45, 2.75) is 38.0 Å². The summed E-state index contributed by atoms with van der Waals surface area (Å²) in [5.41, 5.74) is -0.0515. The van der Waals surface area contributed by atoms with Crippen molar-refractivity contribution in [3.8, 4) is 10.6 Å². The lowest BCUT2D eigenvalue weighted by Crippen LogP contribution is -2.36. The number of nitrogens with zero attached hydrogens (tertiary/aromatic N) is 5. The lowest BCUT2D eigenvalue weighted by atomic mass is 9.82. The molecule has 0 aliphatic heterocycles. The van der Waals surface area contributed by atoms with Gasteiger partial charge >= 0.3 is 0 Å². The highest BCUT2D eigenvalue weighted by atomic mass is 32.1. The fourth-order valence-corrected chi connectivity index (χ4v) is 3.54. The maximum atomic E-state index is 14.1. The van der Waals surface area contributed by atoms with Crippen LogP contribution in [-0.4, -0.2) is 36.8 Å². The SMILES string of the molecule is O=C(NCc1nnc(-c2ccccc2)s1)c1cn(CC2(F)CCC2)nn1. The first kappa shape index (κ1) is 16.8. The smallest absolute Gasteiger partial charge is 0.273 e. The molecule has 0 bridgehead atoms. The third-order valence-electron chi connectivity index (χ3n) is 4.35. The highest BCUT2D eigenvalue weighted by molar-refractivity contribution is 7.14. The molecule has 1 amide bonds. The van der Waals surface area contributed by atoms with Gasteiger partial charge in [-0.2, -0.15) is 0 Å². The predicted octanol–water partition coefficient (Wildman–Crippen LogP) is 2.62. The Morgan fingerprint density at radius 3 is 2.77 bits per heavy atom. The molecule has 0 saturated heterocycles. The van der Waals surface area contributed by atoms with Crippen molar-refractivity contribution in [2.75, 3.05) is 0 Å². The number of aromatic nitrogens is 5. The molecular formula is C17H17FN6OS. The second kappa shape index (κ2) is 6.91. The largest absolute Gasteiger partial charge is 0.344 e. The van der Waals surface area contributed by atoms with E-state index in [0.29, 0.717) is 17.8 Å². The molecule has 2 heterocycles. The van der Waals surface area contributed by atoms with Gasteiger partial charge in [0.25, 0.3) is 5.91 Å². The van der Waals surface area contributed by atoms with E-state index in [-0.39, 0.29) is 24.7 Å². The summed E-state index contributed by atoms with van der Waals surface area (Å²) in [5.74, 6) is -0.366. The number of alkyl halides is 1. The van der Waals surface area contributed by atoms with Gasteiger partial charge in [-0.25, -0.2) is 9.07 Å². The number of nitrogens with one attached hydrogen (secondary N) is 1. The minimum Gasteiger partial charge on any atom is -0.344 e. The maximum absolute atomic E-state index is 14.1. The molecule has 0 radical (unpaired) electrons. The predicted molar refractivity (Wildman–Crippen MR) is 94.2 cm³/mol. The van der Waals surface area contributed by atoms with Crippen molar-refractivity contribution in [1.29, 1.82) is 0 Å². The molecule has 0 spiro atoms. The first-order chi connectivity index (χ1) is 12.6.